The van der Waals surface area contributed by atoms with Gasteiger partial charge in [-0.3, -0.25) is 0 Å². The van der Waals surface area contributed by atoms with Crippen molar-refractivity contribution in [3.8, 4) is 0 Å². The standard InChI is InChI=1S/C32H35Cl2N3O4/c1-21-25(31(38)40-19-11-9-17-23-13-5-3-6-14-23)27(30-36-28(33)29(34)37-30)26(22(2)35-21)32(39)41-20-12-10-18-24-15-7-4-8-16-24/h3-8,13-16,27,35H,9-12,17-20H2,1-2H3,(H,36,37). The highest BCUT2D eigenvalue weighted by atomic mass is 35.5. The van der Waals surface area contributed by atoms with Crippen LogP contribution in [0.5, 0.6) is 0 Å². The second-order valence-corrected chi connectivity index (χ2v) is 10.8. The number of rotatable bonds is 13. The van der Waals surface area contributed by atoms with Crippen LogP contribution in [0.4, 0.5) is 0 Å². The number of dihydropyridines is 1. The number of aromatic amines is 1. The van der Waals surface area contributed by atoms with E-state index in [1.54, 1.807) is 13.8 Å². The molecule has 0 atom stereocenters. The smallest absolute Gasteiger partial charge is 0.336 e. The molecule has 0 radical (unpaired) electrons. The van der Waals surface area contributed by atoms with Gasteiger partial charge in [-0.25, -0.2) is 14.6 Å². The molecule has 1 aliphatic heterocycles. The summed E-state index contributed by atoms with van der Waals surface area (Å²) in [7, 11) is 0. The SMILES string of the molecule is CC1=C(C(=O)OCCCCc2ccccc2)C(c2nc(Cl)c(Cl)[nH]2)C(C(=O)OCCCCc2ccccc2)=C(C)N1. The number of allylic oxidation sites excluding steroid dienone is 2. The summed E-state index contributed by atoms with van der Waals surface area (Å²) in [5.74, 6) is -1.69. The van der Waals surface area contributed by atoms with E-state index in [-0.39, 0.29) is 40.5 Å². The highest BCUT2D eigenvalue weighted by Crippen LogP contribution is 2.39. The number of nitrogens with one attached hydrogen (secondary N) is 2. The van der Waals surface area contributed by atoms with Gasteiger partial charge in [0, 0.05) is 11.4 Å². The zero-order valence-electron chi connectivity index (χ0n) is 23.3. The molecule has 0 aliphatic carbocycles. The minimum atomic E-state index is -0.880. The summed E-state index contributed by atoms with van der Waals surface area (Å²) in [5.41, 5.74) is 4.12. The van der Waals surface area contributed by atoms with Crippen molar-refractivity contribution in [2.45, 2.75) is 58.3 Å². The Labute approximate surface area is 250 Å². The summed E-state index contributed by atoms with van der Waals surface area (Å²) in [6.07, 6.45) is 4.96. The van der Waals surface area contributed by atoms with Crippen LogP contribution in [0.3, 0.4) is 0 Å². The number of esters is 2. The first kappa shape index (κ1) is 30.4. The first-order valence-electron chi connectivity index (χ1n) is 13.9. The molecule has 1 aromatic heterocycles. The van der Waals surface area contributed by atoms with E-state index >= 15 is 0 Å². The fraction of sp³-hybridized carbons (Fsp3) is 0.344. The van der Waals surface area contributed by atoms with Crippen molar-refractivity contribution in [1.29, 1.82) is 0 Å². The topological polar surface area (TPSA) is 93.3 Å². The van der Waals surface area contributed by atoms with Crippen LogP contribution in [0, 0.1) is 0 Å². The largest absolute Gasteiger partial charge is 0.462 e. The molecule has 0 spiro atoms. The summed E-state index contributed by atoms with van der Waals surface area (Å²) in [4.78, 5) is 34.1. The van der Waals surface area contributed by atoms with E-state index in [1.807, 2.05) is 36.4 Å². The lowest BCUT2D eigenvalue weighted by atomic mass is 9.85. The number of aromatic nitrogens is 2. The molecular weight excluding hydrogens is 561 g/mol. The Hall–Kier alpha value is -3.55. The van der Waals surface area contributed by atoms with Crippen LogP contribution < -0.4 is 5.32 Å². The van der Waals surface area contributed by atoms with Crippen molar-refractivity contribution >= 4 is 35.1 Å². The molecular formula is C32H35Cl2N3O4. The number of carbonyl (C=O) groups excluding carboxylic acids is 2. The monoisotopic (exact) mass is 595 g/mol. The molecule has 2 heterocycles. The summed E-state index contributed by atoms with van der Waals surface area (Å²) in [6.45, 7) is 4.03. The highest BCUT2D eigenvalue weighted by Gasteiger charge is 2.40. The average Bonchev–Trinajstić information content (AvgIpc) is 3.30. The molecule has 1 aliphatic rings. The summed E-state index contributed by atoms with van der Waals surface area (Å²) >= 11 is 12.3. The second-order valence-electron chi connectivity index (χ2n) is 10.0. The van der Waals surface area contributed by atoms with Gasteiger partial charge >= 0.3 is 11.9 Å². The molecule has 4 rings (SSSR count). The average molecular weight is 597 g/mol. The van der Waals surface area contributed by atoms with Gasteiger partial charge in [-0.1, -0.05) is 83.9 Å². The number of carbonyl (C=O) groups is 2. The Kier molecular flexibility index (Phi) is 11.0. The van der Waals surface area contributed by atoms with Crippen molar-refractivity contribution in [3.05, 3.63) is 110 Å². The van der Waals surface area contributed by atoms with Gasteiger partial charge in [0.05, 0.1) is 30.3 Å². The van der Waals surface area contributed by atoms with Gasteiger partial charge in [0.15, 0.2) is 5.15 Å². The van der Waals surface area contributed by atoms with E-state index in [0.717, 1.165) is 25.7 Å². The zero-order chi connectivity index (χ0) is 29.2. The van der Waals surface area contributed by atoms with Gasteiger partial charge in [-0.15, -0.1) is 0 Å². The number of hydrogen-bond donors (Lipinski definition) is 2. The minimum absolute atomic E-state index is 0.0535. The van der Waals surface area contributed by atoms with Crippen LogP contribution in [0.2, 0.25) is 10.3 Å². The fourth-order valence-electron chi connectivity index (χ4n) is 4.93. The van der Waals surface area contributed by atoms with Gasteiger partial charge in [0.25, 0.3) is 0 Å². The van der Waals surface area contributed by atoms with Gasteiger partial charge in [0.2, 0.25) is 0 Å². The molecule has 7 nitrogen and oxygen atoms in total. The van der Waals surface area contributed by atoms with Crippen molar-refractivity contribution in [3.63, 3.8) is 0 Å². The molecule has 41 heavy (non-hydrogen) atoms. The van der Waals surface area contributed by atoms with Crippen LogP contribution in [-0.4, -0.2) is 35.1 Å². The van der Waals surface area contributed by atoms with E-state index in [4.69, 9.17) is 32.7 Å². The predicted octanol–water partition coefficient (Wildman–Crippen LogP) is 7.08. The third kappa shape index (κ3) is 8.24. The maximum absolute atomic E-state index is 13.4. The number of hydrogen-bond acceptors (Lipinski definition) is 6. The normalized spacial score (nSPS) is 13.8. The maximum Gasteiger partial charge on any atom is 0.336 e. The molecule has 0 bridgehead atoms. The van der Waals surface area contributed by atoms with E-state index in [2.05, 4.69) is 39.6 Å². The quantitative estimate of drug-likeness (QED) is 0.162. The van der Waals surface area contributed by atoms with Crippen LogP contribution >= 0.6 is 23.2 Å². The Morgan fingerprint density at radius 3 is 1.63 bits per heavy atom. The van der Waals surface area contributed by atoms with E-state index in [0.29, 0.717) is 24.2 Å². The van der Waals surface area contributed by atoms with Gasteiger partial charge < -0.3 is 19.8 Å². The molecule has 9 heteroatoms. The number of nitrogens with zero attached hydrogens (tertiary/aromatic N) is 1. The van der Waals surface area contributed by atoms with Crippen LogP contribution in [-0.2, 0) is 31.9 Å². The molecule has 3 aromatic rings. The Morgan fingerprint density at radius 2 is 1.22 bits per heavy atom. The minimum Gasteiger partial charge on any atom is -0.462 e. The van der Waals surface area contributed by atoms with Crippen molar-refractivity contribution in [1.82, 2.24) is 15.3 Å². The zero-order valence-corrected chi connectivity index (χ0v) is 24.9. The fourth-order valence-corrected chi connectivity index (χ4v) is 5.21. The highest BCUT2D eigenvalue weighted by molar-refractivity contribution is 6.40. The molecule has 0 fully saturated rings. The third-order valence-corrected chi connectivity index (χ3v) is 7.63. The molecule has 2 aromatic carbocycles. The summed E-state index contributed by atoms with van der Waals surface area (Å²) < 4.78 is 11.4. The Morgan fingerprint density at radius 1 is 0.756 bits per heavy atom. The van der Waals surface area contributed by atoms with Gasteiger partial charge in [-0.05, 0) is 63.5 Å². The predicted molar refractivity (Wildman–Crippen MR) is 161 cm³/mol. The van der Waals surface area contributed by atoms with E-state index < -0.39 is 17.9 Å². The van der Waals surface area contributed by atoms with E-state index in [1.165, 1.54) is 11.1 Å². The Balaban J connectivity index is 1.42. The second kappa shape index (κ2) is 14.9. The molecule has 216 valence electrons. The lowest BCUT2D eigenvalue weighted by Gasteiger charge is -2.29. The van der Waals surface area contributed by atoms with Crippen molar-refractivity contribution in [2.24, 2.45) is 0 Å². The van der Waals surface area contributed by atoms with Crippen molar-refractivity contribution < 1.29 is 19.1 Å². The summed E-state index contributed by atoms with van der Waals surface area (Å²) in [6, 6.07) is 20.3. The number of unbranched alkanes of at least 4 members (excludes halogenated alkanes) is 2. The van der Waals surface area contributed by atoms with Gasteiger partial charge in [0.1, 0.15) is 11.0 Å². The number of H-pyrrole nitrogens is 1. The number of ether oxygens (including phenoxy) is 2. The first-order chi connectivity index (χ1) is 19.8. The lowest BCUT2D eigenvalue weighted by Crippen LogP contribution is -2.33. The van der Waals surface area contributed by atoms with Gasteiger partial charge in [-0.2, -0.15) is 0 Å². The Bertz CT molecular complexity index is 1300. The number of imidazole rings is 1. The van der Waals surface area contributed by atoms with Crippen molar-refractivity contribution in [2.75, 3.05) is 13.2 Å². The van der Waals surface area contributed by atoms with Crippen LogP contribution in [0.25, 0.3) is 0 Å². The number of aryl methyl sites for hydroxylation is 2. The molecule has 0 saturated heterocycles. The molecule has 0 unspecified atom stereocenters. The van der Waals surface area contributed by atoms with Crippen LogP contribution in [0.15, 0.2) is 83.2 Å². The lowest BCUT2D eigenvalue weighted by molar-refractivity contribution is -0.140. The molecule has 2 N–H and O–H groups in total. The maximum atomic E-state index is 13.4. The van der Waals surface area contributed by atoms with Crippen LogP contribution in [0.1, 0.15) is 62.4 Å². The number of benzene rings is 2. The molecule has 0 amide bonds. The molecule has 0 saturated carbocycles. The van der Waals surface area contributed by atoms with E-state index in [9.17, 15) is 9.59 Å². The number of halogens is 2. The third-order valence-electron chi connectivity index (χ3n) is 6.98. The first-order valence-corrected chi connectivity index (χ1v) is 14.6. The summed E-state index contributed by atoms with van der Waals surface area (Å²) in [5, 5.41) is 3.33.